The lowest BCUT2D eigenvalue weighted by Gasteiger charge is -2.28. The Morgan fingerprint density at radius 3 is 2.79 bits per heavy atom. The van der Waals surface area contributed by atoms with E-state index in [0.29, 0.717) is 29.0 Å². The number of hydrogen-bond acceptors (Lipinski definition) is 9. The zero-order valence-electron chi connectivity index (χ0n) is 23.7. The highest BCUT2D eigenvalue weighted by Gasteiger charge is 2.17. The minimum atomic E-state index is 0.638. The third-order valence-electron chi connectivity index (χ3n) is 6.95. The molecule has 1 saturated heterocycles. The lowest BCUT2D eigenvalue weighted by atomic mass is 10.0. The first kappa shape index (κ1) is 28.3. The fourth-order valence-corrected chi connectivity index (χ4v) is 4.90. The summed E-state index contributed by atoms with van der Waals surface area (Å²) in [5.74, 6) is 1.98. The summed E-state index contributed by atoms with van der Waals surface area (Å²) in [5.41, 5.74) is 6.13. The number of rotatable bonds is 11. The van der Waals surface area contributed by atoms with Gasteiger partial charge in [0, 0.05) is 50.2 Å². The predicted octanol–water partition coefficient (Wildman–Crippen LogP) is 4.02. The maximum absolute atomic E-state index is 4.51. The number of hydrogen-bond donors (Lipinski definition) is 4. The number of anilines is 3. The van der Waals surface area contributed by atoms with Gasteiger partial charge in [-0.3, -0.25) is 4.68 Å². The number of nitrogens with one attached hydrogen (secondary N) is 4. The van der Waals surface area contributed by atoms with E-state index in [0.717, 1.165) is 73.8 Å². The molecule has 1 unspecified atom stereocenters. The number of nitrogens with zero attached hydrogens (tertiary/aromatic N) is 6. The van der Waals surface area contributed by atoms with Gasteiger partial charge in [-0.15, -0.1) is 10.2 Å². The van der Waals surface area contributed by atoms with Crippen LogP contribution in [0.3, 0.4) is 0 Å². The summed E-state index contributed by atoms with van der Waals surface area (Å²) in [5, 5.41) is 27.0. The molecular weight excluding hydrogens is 488 g/mol. The zero-order chi connectivity index (χ0) is 27.8. The van der Waals surface area contributed by atoms with E-state index in [1.165, 1.54) is 6.42 Å². The highest BCUT2D eigenvalue weighted by atomic mass is 15.3. The van der Waals surface area contributed by atoms with Gasteiger partial charge in [-0.05, 0) is 56.4 Å². The van der Waals surface area contributed by atoms with Crippen LogP contribution in [-0.4, -0.2) is 69.6 Å². The Morgan fingerprint density at radius 1 is 1.21 bits per heavy atom. The molecule has 1 fully saturated rings. The average Bonchev–Trinajstić information content (AvgIpc) is 3.35. The van der Waals surface area contributed by atoms with Gasteiger partial charge < -0.3 is 26.2 Å². The normalized spacial score (nSPS) is 16.3. The topological polar surface area (TPSA) is 108 Å². The first-order valence-electron chi connectivity index (χ1n) is 13.8. The Kier molecular flexibility index (Phi) is 9.67. The van der Waals surface area contributed by atoms with Gasteiger partial charge in [-0.25, -0.2) is 4.98 Å². The van der Waals surface area contributed by atoms with E-state index in [2.05, 4.69) is 85.6 Å². The van der Waals surface area contributed by atoms with Crippen LogP contribution in [0, 0.1) is 5.92 Å². The Morgan fingerprint density at radius 2 is 2.05 bits per heavy atom. The van der Waals surface area contributed by atoms with Crippen LogP contribution < -0.4 is 21.3 Å². The van der Waals surface area contributed by atoms with Gasteiger partial charge in [0.05, 0.1) is 11.4 Å². The van der Waals surface area contributed by atoms with Gasteiger partial charge >= 0.3 is 0 Å². The smallest absolute Gasteiger partial charge is 0.181 e. The van der Waals surface area contributed by atoms with Crippen LogP contribution in [0.15, 0.2) is 49.4 Å². The van der Waals surface area contributed by atoms with E-state index in [1.807, 2.05) is 26.2 Å². The minimum absolute atomic E-state index is 0.638. The lowest BCUT2D eigenvalue weighted by Crippen LogP contribution is -2.39. The second-order valence-corrected chi connectivity index (χ2v) is 10.2. The molecule has 10 nitrogen and oxygen atoms in total. The van der Waals surface area contributed by atoms with Crippen molar-refractivity contribution in [2.45, 2.75) is 33.1 Å². The van der Waals surface area contributed by atoms with Crippen LogP contribution in [-0.2, 0) is 13.5 Å². The Bertz CT molecular complexity index is 1280. The third kappa shape index (κ3) is 7.42. The van der Waals surface area contributed by atoms with E-state index in [4.69, 9.17) is 0 Å². The van der Waals surface area contributed by atoms with Gasteiger partial charge in [0.2, 0.25) is 0 Å². The second kappa shape index (κ2) is 13.3. The minimum Gasteiger partial charge on any atom is -0.387 e. The molecule has 39 heavy (non-hydrogen) atoms. The molecule has 0 amide bonds. The lowest BCUT2D eigenvalue weighted by molar-refractivity contribution is 0.219. The highest BCUT2D eigenvalue weighted by Crippen LogP contribution is 2.32. The van der Waals surface area contributed by atoms with Crippen molar-refractivity contribution in [1.29, 1.82) is 0 Å². The molecule has 2 aromatic heterocycles. The molecule has 208 valence electrons. The molecule has 4 rings (SSSR count). The molecule has 1 aliphatic rings. The van der Waals surface area contributed by atoms with E-state index in [9.17, 15) is 0 Å². The molecular formula is C29H42N10. The summed E-state index contributed by atoms with van der Waals surface area (Å²) >= 11 is 0. The van der Waals surface area contributed by atoms with Crippen LogP contribution in [0.25, 0.3) is 17.1 Å². The Labute approximate surface area is 232 Å². The fourth-order valence-electron chi connectivity index (χ4n) is 4.90. The van der Waals surface area contributed by atoms with Crippen molar-refractivity contribution >= 4 is 22.9 Å². The van der Waals surface area contributed by atoms with Gasteiger partial charge in [0.1, 0.15) is 12.0 Å². The second-order valence-electron chi connectivity index (χ2n) is 10.2. The van der Waals surface area contributed by atoms with Crippen molar-refractivity contribution in [3.05, 3.63) is 60.7 Å². The van der Waals surface area contributed by atoms with E-state index in [-0.39, 0.29) is 0 Å². The molecule has 0 radical (unpaired) electrons. The summed E-state index contributed by atoms with van der Waals surface area (Å²) in [7, 11) is 3.70. The highest BCUT2D eigenvalue weighted by molar-refractivity contribution is 5.79. The van der Waals surface area contributed by atoms with E-state index < -0.39 is 0 Å². The van der Waals surface area contributed by atoms with Crippen molar-refractivity contribution in [2.24, 2.45) is 13.0 Å². The predicted molar refractivity (Wildman–Crippen MR) is 160 cm³/mol. The van der Waals surface area contributed by atoms with Crippen LogP contribution in [0.1, 0.15) is 37.9 Å². The number of aromatic nitrogens is 5. The summed E-state index contributed by atoms with van der Waals surface area (Å²) in [6.07, 6.45) is 4.54. The van der Waals surface area contributed by atoms with Gasteiger partial charge in [0.15, 0.2) is 11.6 Å². The average molecular weight is 531 g/mol. The van der Waals surface area contributed by atoms with Crippen molar-refractivity contribution in [2.75, 3.05) is 50.4 Å². The maximum atomic E-state index is 4.51. The van der Waals surface area contributed by atoms with Gasteiger partial charge in [-0.1, -0.05) is 39.1 Å². The number of benzene rings is 1. The largest absolute Gasteiger partial charge is 0.387 e. The molecule has 3 heterocycles. The monoisotopic (exact) mass is 530 g/mol. The van der Waals surface area contributed by atoms with E-state index >= 15 is 0 Å². The molecule has 0 saturated carbocycles. The summed E-state index contributed by atoms with van der Waals surface area (Å²) < 4.78 is 1.72. The van der Waals surface area contributed by atoms with Crippen molar-refractivity contribution < 1.29 is 0 Å². The van der Waals surface area contributed by atoms with Crippen LogP contribution in [0.4, 0.5) is 17.2 Å². The van der Waals surface area contributed by atoms with Crippen molar-refractivity contribution in [3.63, 3.8) is 0 Å². The molecule has 10 heteroatoms. The van der Waals surface area contributed by atoms with Gasteiger partial charge in [-0.2, -0.15) is 5.10 Å². The molecule has 1 aliphatic heterocycles. The number of aryl methyl sites for hydroxylation is 1. The molecule has 4 N–H and O–H groups in total. The summed E-state index contributed by atoms with van der Waals surface area (Å²) in [6.45, 7) is 18.2. The Balaban J connectivity index is 1.52. The van der Waals surface area contributed by atoms with Crippen LogP contribution in [0.5, 0.6) is 0 Å². The molecule has 1 aromatic carbocycles. The summed E-state index contributed by atoms with van der Waals surface area (Å²) in [4.78, 5) is 7.00. The Hall–Kier alpha value is -3.76. The standard InChI is InChI=1S/C29H42N10/c1-7-23-24(29-32-19-38(6)37-29)10-8-11-25(23)34-26-16-27(35-36-28(26)22(4)30-5)33-21(3)12-15-39-14-9-13-31-17-20(2)18-39/h8,10-11,16,19-20,30-31H,3-4,7,9,12-15,17-18H2,1-2,5-6H3,(H2,33,34,35). The van der Waals surface area contributed by atoms with Gasteiger partial charge in [0.25, 0.3) is 0 Å². The molecule has 1 atom stereocenters. The van der Waals surface area contributed by atoms with Crippen molar-refractivity contribution in [1.82, 2.24) is 40.5 Å². The third-order valence-corrected chi connectivity index (χ3v) is 6.95. The molecule has 0 bridgehead atoms. The SMILES string of the molecule is C=C(CCN1CCCNCC(C)C1)Nc1cc(Nc2cccc(-c3ncn(C)n3)c2CC)c(C(=C)NC)nn1. The first-order chi connectivity index (χ1) is 18.9. The quantitative estimate of drug-likeness (QED) is 0.292. The van der Waals surface area contributed by atoms with Crippen molar-refractivity contribution in [3.8, 4) is 11.4 Å². The maximum Gasteiger partial charge on any atom is 0.181 e. The molecule has 0 aliphatic carbocycles. The van der Waals surface area contributed by atoms with E-state index in [1.54, 1.807) is 11.0 Å². The first-order valence-corrected chi connectivity index (χ1v) is 13.8. The summed E-state index contributed by atoms with van der Waals surface area (Å²) in [6, 6.07) is 8.09. The molecule has 3 aromatic rings. The molecule has 0 spiro atoms. The van der Waals surface area contributed by atoms with Crippen LogP contribution in [0.2, 0.25) is 0 Å². The van der Waals surface area contributed by atoms with Crippen LogP contribution >= 0.6 is 0 Å². The zero-order valence-corrected chi connectivity index (χ0v) is 23.7. The fraction of sp³-hybridized carbons (Fsp3) is 0.448.